The second-order valence-corrected chi connectivity index (χ2v) is 3.48. The molecule has 1 aromatic rings. The Morgan fingerprint density at radius 1 is 1.33 bits per heavy atom. The first kappa shape index (κ1) is 11.8. The van der Waals surface area contributed by atoms with Gasteiger partial charge in [-0.15, -0.1) is 12.3 Å². The molecule has 1 atom stereocenters. The second kappa shape index (κ2) is 7.05. The summed E-state index contributed by atoms with van der Waals surface area (Å²) in [7, 11) is 0. The van der Waals surface area contributed by atoms with Gasteiger partial charge in [0.15, 0.2) is 0 Å². The molecule has 2 N–H and O–H groups in total. The molecular weight excluding hydrogens is 186 g/mol. The first-order valence-corrected chi connectivity index (χ1v) is 5.18. The molecule has 1 aromatic carbocycles. The van der Waals surface area contributed by atoms with Crippen LogP contribution in [-0.2, 0) is 6.42 Å². The lowest BCUT2D eigenvalue weighted by atomic mass is 10.1. The minimum atomic E-state index is 0.0979. The number of terminal acetylenes is 1. The van der Waals surface area contributed by atoms with Crippen molar-refractivity contribution in [2.75, 3.05) is 13.2 Å². The summed E-state index contributed by atoms with van der Waals surface area (Å²) in [6.07, 6.45) is 6.69. The van der Waals surface area contributed by atoms with Crippen molar-refractivity contribution in [1.82, 2.24) is 5.32 Å². The summed E-state index contributed by atoms with van der Waals surface area (Å²) in [6.45, 7) is 0.897. The van der Waals surface area contributed by atoms with E-state index in [2.05, 4.69) is 23.4 Å². The van der Waals surface area contributed by atoms with Crippen LogP contribution in [-0.4, -0.2) is 24.3 Å². The topological polar surface area (TPSA) is 32.3 Å². The molecule has 0 aliphatic carbocycles. The third-order valence-corrected chi connectivity index (χ3v) is 2.25. The van der Waals surface area contributed by atoms with Gasteiger partial charge < -0.3 is 10.4 Å². The summed E-state index contributed by atoms with van der Waals surface area (Å²) in [4.78, 5) is 0. The van der Waals surface area contributed by atoms with E-state index in [0.717, 1.165) is 13.0 Å². The summed E-state index contributed by atoms with van der Waals surface area (Å²) in [5.74, 6) is 2.57. The van der Waals surface area contributed by atoms with Gasteiger partial charge in [0.2, 0.25) is 0 Å². The monoisotopic (exact) mass is 203 g/mol. The van der Waals surface area contributed by atoms with Gasteiger partial charge >= 0.3 is 0 Å². The molecule has 0 saturated carbocycles. The minimum Gasteiger partial charge on any atom is -0.395 e. The highest BCUT2D eigenvalue weighted by Gasteiger charge is 2.06. The van der Waals surface area contributed by atoms with Crippen LogP contribution in [0.5, 0.6) is 0 Å². The quantitative estimate of drug-likeness (QED) is 0.538. The van der Waals surface area contributed by atoms with Gasteiger partial charge in [-0.2, -0.15) is 0 Å². The van der Waals surface area contributed by atoms with E-state index in [0.29, 0.717) is 6.42 Å². The van der Waals surface area contributed by atoms with Gasteiger partial charge in [-0.25, -0.2) is 0 Å². The maximum Gasteiger partial charge on any atom is 0.0587 e. The van der Waals surface area contributed by atoms with E-state index in [1.54, 1.807) is 0 Å². The minimum absolute atomic E-state index is 0.0979. The van der Waals surface area contributed by atoms with E-state index < -0.39 is 0 Å². The van der Waals surface area contributed by atoms with E-state index >= 15 is 0 Å². The van der Waals surface area contributed by atoms with Crippen molar-refractivity contribution >= 4 is 0 Å². The predicted molar refractivity (Wildman–Crippen MR) is 62.5 cm³/mol. The molecular formula is C13H17NO. The zero-order chi connectivity index (χ0) is 10.9. The maximum atomic E-state index is 9.17. The van der Waals surface area contributed by atoms with Crippen LogP contribution in [0.3, 0.4) is 0 Å². The van der Waals surface area contributed by atoms with E-state index in [1.165, 1.54) is 5.56 Å². The third kappa shape index (κ3) is 4.64. The molecule has 0 saturated heterocycles. The lowest BCUT2D eigenvalue weighted by molar-refractivity contribution is 0.242. The van der Waals surface area contributed by atoms with Crippen molar-refractivity contribution in [3.05, 3.63) is 35.9 Å². The fraction of sp³-hybridized carbons (Fsp3) is 0.385. The fourth-order valence-electron chi connectivity index (χ4n) is 1.45. The third-order valence-electron chi connectivity index (χ3n) is 2.25. The van der Waals surface area contributed by atoms with Crippen LogP contribution in [0.1, 0.15) is 12.0 Å². The molecule has 0 spiro atoms. The van der Waals surface area contributed by atoms with Crippen LogP contribution in [0.15, 0.2) is 30.3 Å². The Kier molecular flexibility index (Phi) is 5.54. The summed E-state index contributed by atoms with van der Waals surface area (Å²) < 4.78 is 0. The van der Waals surface area contributed by atoms with Crippen molar-refractivity contribution in [2.24, 2.45) is 0 Å². The number of aliphatic hydroxyl groups is 1. The van der Waals surface area contributed by atoms with Crippen LogP contribution >= 0.6 is 0 Å². The smallest absolute Gasteiger partial charge is 0.0587 e. The molecule has 0 amide bonds. The molecule has 80 valence electrons. The van der Waals surface area contributed by atoms with E-state index in [1.807, 2.05) is 18.2 Å². The van der Waals surface area contributed by atoms with Crippen LogP contribution in [0.25, 0.3) is 0 Å². The molecule has 0 radical (unpaired) electrons. The lowest BCUT2D eigenvalue weighted by Gasteiger charge is -2.15. The molecule has 0 aromatic heterocycles. The summed E-state index contributed by atoms with van der Waals surface area (Å²) in [5, 5.41) is 12.4. The molecule has 15 heavy (non-hydrogen) atoms. The van der Waals surface area contributed by atoms with Crippen LogP contribution in [0, 0.1) is 12.3 Å². The van der Waals surface area contributed by atoms with Gasteiger partial charge in [-0.3, -0.25) is 0 Å². The highest BCUT2D eigenvalue weighted by atomic mass is 16.3. The zero-order valence-electron chi connectivity index (χ0n) is 8.82. The molecule has 0 aliphatic heterocycles. The number of nitrogens with one attached hydrogen (secondary N) is 1. The average molecular weight is 203 g/mol. The molecule has 0 bridgehead atoms. The van der Waals surface area contributed by atoms with Gasteiger partial charge in [0.1, 0.15) is 0 Å². The maximum absolute atomic E-state index is 9.17. The van der Waals surface area contributed by atoms with E-state index in [-0.39, 0.29) is 12.6 Å². The predicted octanol–water partition coefficient (Wildman–Crippen LogP) is 1.20. The summed E-state index contributed by atoms with van der Waals surface area (Å²) >= 11 is 0. The van der Waals surface area contributed by atoms with Crippen molar-refractivity contribution in [3.63, 3.8) is 0 Å². The highest BCUT2D eigenvalue weighted by molar-refractivity contribution is 5.15. The second-order valence-electron chi connectivity index (χ2n) is 3.48. The van der Waals surface area contributed by atoms with Gasteiger partial charge in [-0.1, -0.05) is 30.3 Å². The molecule has 2 nitrogen and oxygen atoms in total. The number of benzene rings is 1. The number of aliphatic hydroxyl groups excluding tert-OH is 1. The Labute approximate surface area is 91.3 Å². The molecule has 0 heterocycles. The molecule has 2 heteroatoms. The zero-order valence-corrected chi connectivity index (χ0v) is 8.82. The summed E-state index contributed by atoms with van der Waals surface area (Å²) in [5.41, 5.74) is 1.23. The average Bonchev–Trinajstić information content (AvgIpc) is 2.29. The van der Waals surface area contributed by atoms with Gasteiger partial charge in [0.05, 0.1) is 6.61 Å². The van der Waals surface area contributed by atoms with Crippen molar-refractivity contribution in [1.29, 1.82) is 0 Å². The van der Waals surface area contributed by atoms with Crippen LogP contribution in [0.2, 0.25) is 0 Å². The van der Waals surface area contributed by atoms with Crippen LogP contribution in [0.4, 0.5) is 0 Å². The Bertz CT molecular complexity index is 302. The Morgan fingerprint density at radius 2 is 2.07 bits per heavy atom. The fourth-order valence-corrected chi connectivity index (χ4v) is 1.45. The van der Waals surface area contributed by atoms with E-state index in [9.17, 15) is 5.11 Å². The number of rotatable bonds is 6. The molecule has 1 unspecified atom stereocenters. The standard InChI is InChI=1S/C13H17NO/c1-2-3-9-14-13(11-15)10-12-7-5-4-6-8-12/h1,4-8,13-15H,3,9-11H2. The van der Waals surface area contributed by atoms with Gasteiger partial charge in [-0.05, 0) is 12.0 Å². The largest absolute Gasteiger partial charge is 0.395 e. The Balaban J connectivity index is 2.37. The molecule has 1 rings (SSSR count). The summed E-state index contributed by atoms with van der Waals surface area (Å²) in [6, 6.07) is 10.2. The van der Waals surface area contributed by atoms with Crippen molar-refractivity contribution in [2.45, 2.75) is 18.9 Å². The number of hydrogen-bond donors (Lipinski definition) is 2. The first-order valence-electron chi connectivity index (χ1n) is 5.18. The first-order chi connectivity index (χ1) is 7.36. The van der Waals surface area contributed by atoms with Crippen LogP contribution < -0.4 is 5.32 Å². The lowest BCUT2D eigenvalue weighted by Crippen LogP contribution is -2.35. The van der Waals surface area contributed by atoms with Crippen molar-refractivity contribution in [3.8, 4) is 12.3 Å². The van der Waals surface area contributed by atoms with Gasteiger partial charge in [0, 0.05) is 19.0 Å². The Hall–Kier alpha value is -1.30. The van der Waals surface area contributed by atoms with E-state index in [4.69, 9.17) is 6.42 Å². The number of hydrogen-bond acceptors (Lipinski definition) is 2. The Morgan fingerprint density at radius 3 is 2.67 bits per heavy atom. The van der Waals surface area contributed by atoms with Crippen molar-refractivity contribution < 1.29 is 5.11 Å². The van der Waals surface area contributed by atoms with Gasteiger partial charge in [0.25, 0.3) is 0 Å². The SMILES string of the molecule is C#CCCNC(CO)Cc1ccccc1. The highest BCUT2D eigenvalue weighted by Crippen LogP contribution is 2.02. The molecule has 0 fully saturated rings. The normalized spacial score (nSPS) is 12.0. The molecule has 0 aliphatic rings.